The van der Waals surface area contributed by atoms with E-state index in [-0.39, 0.29) is 5.91 Å². The molecule has 2 aromatic rings. The Kier molecular flexibility index (Phi) is 3.54. The summed E-state index contributed by atoms with van der Waals surface area (Å²) >= 11 is 0. The van der Waals surface area contributed by atoms with Gasteiger partial charge in [0.25, 0.3) is 0 Å². The van der Waals surface area contributed by atoms with Gasteiger partial charge in [-0.05, 0) is 53.5 Å². The summed E-state index contributed by atoms with van der Waals surface area (Å²) in [5.41, 5.74) is 1.64. The molecule has 3 rings (SSSR count). The summed E-state index contributed by atoms with van der Waals surface area (Å²) in [5.74, 6) is 0.437. The van der Waals surface area contributed by atoms with Crippen molar-refractivity contribution in [1.29, 1.82) is 0 Å². The molecule has 6 heteroatoms. The Labute approximate surface area is 116 Å². The molecule has 0 saturated carbocycles. The first-order valence-electron chi connectivity index (χ1n) is 6.61. The van der Waals surface area contributed by atoms with E-state index in [4.69, 9.17) is 0 Å². The number of carbonyl (C=O) groups is 1. The molecule has 0 aliphatic heterocycles. The van der Waals surface area contributed by atoms with Crippen molar-refractivity contribution in [3.63, 3.8) is 0 Å². The third kappa shape index (κ3) is 2.90. The maximum Gasteiger partial charge on any atom is 0.224 e. The van der Waals surface area contributed by atoms with Crippen molar-refractivity contribution < 1.29 is 4.79 Å². The van der Waals surface area contributed by atoms with Gasteiger partial charge in [-0.15, -0.1) is 5.10 Å². The zero-order chi connectivity index (χ0) is 13.8. The minimum Gasteiger partial charge on any atom is -0.326 e. The second-order valence-electron chi connectivity index (χ2n) is 4.82. The number of hydrogen-bond acceptors (Lipinski definition) is 4. The summed E-state index contributed by atoms with van der Waals surface area (Å²) in [5, 5.41) is 13.9. The van der Waals surface area contributed by atoms with Gasteiger partial charge in [0.2, 0.25) is 5.91 Å². The molecule has 1 amide bonds. The lowest BCUT2D eigenvalue weighted by molar-refractivity contribution is -0.116. The summed E-state index contributed by atoms with van der Waals surface area (Å²) < 4.78 is 1.56. The number of anilines is 1. The van der Waals surface area contributed by atoms with Crippen LogP contribution in [0.25, 0.3) is 5.69 Å². The van der Waals surface area contributed by atoms with Gasteiger partial charge >= 0.3 is 0 Å². The zero-order valence-corrected chi connectivity index (χ0v) is 10.9. The summed E-state index contributed by atoms with van der Waals surface area (Å²) in [6.45, 7) is 0. The Morgan fingerprint density at radius 2 is 2.20 bits per heavy atom. The van der Waals surface area contributed by atoms with Gasteiger partial charge in [0.15, 0.2) is 0 Å². The molecule has 1 N–H and O–H groups in total. The van der Waals surface area contributed by atoms with Gasteiger partial charge in [0, 0.05) is 12.1 Å². The van der Waals surface area contributed by atoms with Gasteiger partial charge < -0.3 is 5.32 Å². The minimum atomic E-state index is 0.0525. The first kappa shape index (κ1) is 12.5. The first-order valence-corrected chi connectivity index (χ1v) is 6.61. The number of carbonyl (C=O) groups excluding carboxylic acids is 1. The molecule has 0 radical (unpaired) electrons. The zero-order valence-electron chi connectivity index (χ0n) is 10.9. The van der Waals surface area contributed by atoms with E-state index in [0.717, 1.165) is 24.2 Å². The number of aromatic nitrogens is 4. The Balaban J connectivity index is 1.60. The van der Waals surface area contributed by atoms with E-state index in [1.54, 1.807) is 4.68 Å². The summed E-state index contributed by atoms with van der Waals surface area (Å²) in [6, 6.07) is 7.42. The number of nitrogens with one attached hydrogen (secondary N) is 1. The van der Waals surface area contributed by atoms with Gasteiger partial charge in [0.05, 0.1) is 5.69 Å². The van der Waals surface area contributed by atoms with Gasteiger partial charge in [0.1, 0.15) is 6.33 Å². The van der Waals surface area contributed by atoms with Crippen molar-refractivity contribution in [3.8, 4) is 5.69 Å². The van der Waals surface area contributed by atoms with Crippen molar-refractivity contribution in [1.82, 2.24) is 20.2 Å². The number of allylic oxidation sites excluding steroid dienone is 2. The number of tetrazole rings is 1. The van der Waals surface area contributed by atoms with Crippen LogP contribution in [0.2, 0.25) is 0 Å². The van der Waals surface area contributed by atoms with Crippen molar-refractivity contribution in [2.24, 2.45) is 5.92 Å². The summed E-state index contributed by atoms with van der Waals surface area (Å²) in [6.07, 6.45) is 8.49. The van der Waals surface area contributed by atoms with Crippen molar-refractivity contribution >= 4 is 11.6 Å². The molecule has 1 atom stereocenters. The van der Waals surface area contributed by atoms with E-state index in [9.17, 15) is 4.79 Å². The van der Waals surface area contributed by atoms with Gasteiger partial charge in [-0.1, -0.05) is 12.2 Å². The fraction of sp³-hybridized carbons (Fsp3) is 0.286. The molecule has 1 aromatic carbocycles. The summed E-state index contributed by atoms with van der Waals surface area (Å²) in [4.78, 5) is 11.9. The quantitative estimate of drug-likeness (QED) is 0.861. The van der Waals surface area contributed by atoms with E-state index in [0.29, 0.717) is 12.3 Å². The minimum absolute atomic E-state index is 0.0525. The van der Waals surface area contributed by atoms with Crippen molar-refractivity contribution in [3.05, 3.63) is 42.7 Å². The maximum absolute atomic E-state index is 11.9. The van der Waals surface area contributed by atoms with E-state index >= 15 is 0 Å². The lowest BCUT2D eigenvalue weighted by Gasteiger charge is -2.09. The number of nitrogens with zero attached hydrogens (tertiary/aromatic N) is 4. The van der Waals surface area contributed by atoms with Gasteiger partial charge in [-0.3, -0.25) is 4.79 Å². The number of hydrogen-bond donors (Lipinski definition) is 1. The second kappa shape index (κ2) is 5.64. The molecule has 1 aliphatic carbocycles. The normalized spacial score (nSPS) is 17.3. The molecule has 0 spiro atoms. The highest BCUT2D eigenvalue weighted by molar-refractivity contribution is 5.91. The molecule has 0 saturated heterocycles. The van der Waals surface area contributed by atoms with Crippen molar-refractivity contribution in [2.45, 2.75) is 19.3 Å². The second-order valence-corrected chi connectivity index (χ2v) is 4.82. The van der Waals surface area contributed by atoms with Crippen LogP contribution < -0.4 is 5.32 Å². The van der Waals surface area contributed by atoms with Crippen LogP contribution >= 0.6 is 0 Å². The van der Waals surface area contributed by atoms with Gasteiger partial charge in [-0.25, -0.2) is 4.68 Å². The topological polar surface area (TPSA) is 72.7 Å². The summed E-state index contributed by atoms with van der Waals surface area (Å²) in [7, 11) is 0. The molecule has 1 aromatic heterocycles. The highest BCUT2D eigenvalue weighted by Gasteiger charge is 2.13. The van der Waals surface area contributed by atoms with Crippen molar-refractivity contribution in [2.75, 3.05) is 5.32 Å². The third-order valence-electron chi connectivity index (χ3n) is 3.32. The average molecular weight is 269 g/mol. The average Bonchev–Trinajstić information content (AvgIpc) is 3.12. The number of rotatable bonds is 4. The SMILES string of the molecule is O=C(CC1C=CCC1)Nc1ccc(-n2cnnn2)cc1. The molecular formula is C14H15N5O. The molecule has 6 nitrogen and oxygen atoms in total. The molecule has 0 fully saturated rings. The first-order chi connectivity index (χ1) is 9.81. The van der Waals surface area contributed by atoms with Crippen LogP contribution in [0, 0.1) is 5.92 Å². The third-order valence-corrected chi connectivity index (χ3v) is 3.32. The fourth-order valence-corrected chi connectivity index (χ4v) is 2.29. The van der Waals surface area contributed by atoms with Crippen LogP contribution in [0.15, 0.2) is 42.7 Å². The Morgan fingerprint density at radius 1 is 1.35 bits per heavy atom. The molecular weight excluding hydrogens is 254 g/mol. The maximum atomic E-state index is 11.9. The van der Waals surface area contributed by atoms with Crippen LogP contribution in [0.5, 0.6) is 0 Å². The molecule has 1 unspecified atom stereocenters. The lowest BCUT2D eigenvalue weighted by atomic mass is 10.1. The highest BCUT2D eigenvalue weighted by atomic mass is 16.1. The molecule has 20 heavy (non-hydrogen) atoms. The molecule has 0 bridgehead atoms. The smallest absolute Gasteiger partial charge is 0.224 e. The Morgan fingerprint density at radius 3 is 2.85 bits per heavy atom. The molecule has 102 valence electrons. The van der Waals surface area contributed by atoms with Crippen LogP contribution in [-0.2, 0) is 4.79 Å². The predicted octanol–water partition coefficient (Wildman–Crippen LogP) is 1.96. The monoisotopic (exact) mass is 269 g/mol. The van der Waals surface area contributed by atoms with Gasteiger partial charge in [-0.2, -0.15) is 0 Å². The Hall–Kier alpha value is -2.50. The van der Waals surface area contributed by atoms with E-state index < -0.39 is 0 Å². The predicted molar refractivity (Wildman–Crippen MR) is 74.3 cm³/mol. The highest BCUT2D eigenvalue weighted by Crippen LogP contribution is 2.21. The standard InChI is InChI=1S/C14H15N5O/c20-14(9-11-3-1-2-4-11)16-12-5-7-13(8-6-12)19-10-15-17-18-19/h1,3,5-8,10-11H,2,4,9H2,(H,16,20). The van der Waals surface area contributed by atoms with E-state index in [1.807, 2.05) is 24.3 Å². The van der Waals surface area contributed by atoms with Crippen LogP contribution in [0.1, 0.15) is 19.3 Å². The number of benzene rings is 1. The van der Waals surface area contributed by atoms with Crippen LogP contribution in [0.3, 0.4) is 0 Å². The number of amides is 1. The fourth-order valence-electron chi connectivity index (χ4n) is 2.29. The van der Waals surface area contributed by atoms with Crippen LogP contribution in [-0.4, -0.2) is 26.1 Å². The Bertz CT molecular complexity index is 603. The van der Waals surface area contributed by atoms with Crippen LogP contribution in [0.4, 0.5) is 5.69 Å². The van der Waals surface area contributed by atoms with E-state index in [1.165, 1.54) is 6.33 Å². The lowest BCUT2D eigenvalue weighted by Crippen LogP contribution is -2.14. The molecule has 1 heterocycles. The molecule has 1 aliphatic rings. The largest absolute Gasteiger partial charge is 0.326 e. The van der Waals surface area contributed by atoms with E-state index in [2.05, 4.69) is 33.0 Å².